The maximum Gasteiger partial charge on any atom is 0.156 e. The van der Waals surface area contributed by atoms with Crippen LogP contribution in [0.3, 0.4) is 0 Å². The van der Waals surface area contributed by atoms with Gasteiger partial charge in [-0.3, -0.25) is 0 Å². The van der Waals surface area contributed by atoms with Crippen molar-refractivity contribution in [2.75, 3.05) is 20.3 Å². The van der Waals surface area contributed by atoms with Gasteiger partial charge >= 0.3 is 0 Å². The predicted octanol–water partition coefficient (Wildman–Crippen LogP) is 0.528. The molecule has 0 spiro atoms. The van der Waals surface area contributed by atoms with Crippen molar-refractivity contribution in [3.63, 3.8) is 0 Å². The van der Waals surface area contributed by atoms with E-state index >= 15 is 0 Å². The fourth-order valence-corrected chi connectivity index (χ4v) is 1.57. The molecule has 1 unspecified atom stereocenters. The van der Waals surface area contributed by atoms with Crippen LogP contribution in [-0.4, -0.2) is 37.3 Å². The molecule has 0 radical (unpaired) electrons. The Hall–Kier alpha value is -0.810. The molecule has 1 aliphatic rings. The average Bonchev–Trinajstić information content (AvgIpc) is 3.03. The number of methoxy groups -OCH3 is 1. The molecule has 0 aromatic carbocycles. The van der Waals surface area contributed by atoms with Gasteiger partial charge in [0.05, 0.1) is 6.04 Å². The molecule has 0 heterocycles. The summed E-state index contributed by atoms with van der Waals surface area (Å²) in [6.45, 7) is 3.61. The molecular formula is C10H21N3O2. The van der Waals surface area contributed by atoms with Gasteiger partial charge in [-0.25, -0.2) is 0 Å². The summed E-state index contributed by atoms with van der Waals surface area (Å²) >= 11 is 0. The minimum atomic E-state index is -0.0741. The van der Waals surface area contributed by atoms with Crippen LogP contribution in [0.2, 0.25) is 0 Å². The maximum atomic E-state index is 8.49. The summed E-state index contributed by atoms with van der Waals surface area (Å²) in [5.41, 5.74) is 5.87. The normalized spacial score (nSPS) is 21.3. The lowest BCUT2D eigenvalue weighted by molar-refractivity contribution is 0.171. The zero-order chi connectivity index (χ0) is 11.3. The Morgan fingerprint density at radius 2 is 2.33 bits per heavy atom. The van der Waals surface area contributed by atoms with Crippen molar-refractivity contribution in [3.05, 3.63) is 0 Å². The number of hydrogen-bond acceptors (Lipinski definition) is 4. The molecule has 88 valence electrons. The molecule has 0 aliphatic heterocycles. The zero-order valence-electron chi connectivity index (χ0n) is 9.49. The highest BCUT2D eigenvalue weighted by Gasteiger charge is 2.41. The van der Waals surface area contributed by atoms with E-state index in [9.17, 15) is 0 Å². The summed E-state index contributed by atoms with van der Waals surface area (Å²) < 4.78 is 5.08. The van der Waals surface area contributed by atoms with Gasteiger partial charge in [0, 0.05) is 20.3 Å². The fourth-order valence-electron chi connectivity index (χ4n) is 1.57. The van der Waals surface area contributed by atoms with Crippen LogP contribution in [0.15, 0.2) is 5.16 Å². The van der Waals surface area contributed by atoms with Crippen LogP contribution in [0.1, 0.15) is 26.2 Å². The summed E-state index contributed by atoms with van der Waals surface area (Å²) in [6, 6.07) is -0.0741. The Labute approximate surface area is 90.7 Å². The lowest BCUT2D eigenvalue weighted by Gasteiger charge is -2.18. The van der Waals surface area contributed by atoms with Crippen LogP contribution in [0.5, 0.6) is 0 Å². The van der Waals surface area contributed by atoms with E-state index in [1.54, 1.807) is 7.11 Å². The Bertz CT molecular complexity index is 227. The highest BCUT2D eigenvalue weighted by Crippen LogP contribution is 2.48. The zero-order valence-corrected chi connectivity index (χ0v) is 9.49. The summed E-state index contributed by atoms with van der Waals surface area (Å²) in [5, 5.41) is 14.7. The second-order valence-electron chi connectivity index (χ2n) is 4.37. The van der Waals surface area contributed by atoms with Crippen LogP contribution in [-0.2, 0) is 4.74 Å². The fraction of sp³-hybridized carbons (Fsp3) is 0.900. The van der Waals surface area contributed by atoms with E-state index in [0.29, 0.717) is 5.41 Å². The van der Waals surface area contributed by atoms with Crippen molar-refractivity contribution in [2.24, 2.45) is 16.3 Å². The lowest BCUT2D eigenvalue weighted by atomic mass is 10.0. The number of ether oxygens (including phenoxy) is 1. The second-order valence-corrected chi connectivity index (χ2v) is 4.37. The first-order valence-electron chi connectivity index (χ1n) is 5.33. The van der Waals surface area contributed by atoms with E-state index in [2.05, 4.69) is 10.5 Å². The smallest absolute Gasteiger partial charge is 0.156 e. The maximum absolute atomic E-state index is 8.49. The largest absolute Gasteiger partial charge is 0.409 e. The molecule has 5 nitrogen and oxygen atoms in total. The van der Waals surface area contributed by atoms with Crippen molar-refractivity contribution in [1.82, 2.24) is 5.32 Å². The number of amidine groups is 1. The second kappa shape index (κ2) is 5.32. The molecule has 0 saturated heterocycles. The first-order chi connectivity index (χ1) is 7.13. The quantitative estimate of drug-likeness (QED) is 0.250. The molecule has 0 aromatic heterocycles. The first-order valence-corrected chi connectivity index (χ1v) is 5.33. The number of nitrogens with one attached hydrogen (secondary N) is 1. The SMILES string of the molecule is COCCC1(CNC(C)C(N)=NO)CC1. The summed E-state index contributed by atoms with van der Waals surface area (Å²) in [5.74, 6) is 0.234. The minimum Gasteiger partial charge on any atom is -0.409 e. The molecule has 4 N–H and O–H groups in total. The van der Waals surface area contributed by atoms with Gasteiger partial charge in [-0.05, 0) is 31.6 Å². The summed E-state index contributed by atoms with van der Waals surface area (Å²) in [4.78, 5) is 0. The monoisotopic (exact) mass is 215 g/mol. The van der Waals surface area contributed by atoms with Crippen molar-refractivity contribution in [1.29, 1.82) is 0 Å². The Morgan fingerprint density at radius 1 is 1.67 bits per heavy atom. The Kier molecular flexibility index (Phi) is 4.35. The van der Waals surface area contributed by atoms with Crippen molar-refractivity contribution in [3.8, 4) is 0 Å². The van der Waals surface area contributed by atoms with Crippen LogP contribution < -0.4 is 11.1 Å². The third-order valence-electron chi connectivity index (χ3n) is 3.14. The molecule has 0 bridgehead atoms. The summed E-state index contributed by atoms with van der Waals surface area (Å²) in [7, 11) is 1.72. The molecule has 1 fully saturated rings. The van der Waals surface area contributed by atoms with Crippen LogP contribution >= 0.6 is 0 Å². The number of nitrogens with zero attached hydrogens (tertiary/aromatic N) is 1. The van der Waals surface area contributed by atoms with Crippen molar-refractivity contribution < 1.29 is 9.94 Å². The number of hydrogen-bond donors (Lipinski definition) is 3. The van der Waals surface area contributed by atoms with Gasteiger partial charge < -0.3 is 21.0 Å². The predicted molar refractivity (Wildman–Crippen MR) is 59.0 cm³/mol. The van der Waals surface area contributed by atoms with E-state index in [-0.39, 0.29) is 11.9 Å². The minimum absolute atomic E-state index is 0.0741. The van der Waals surface area contributed by atoms with Gasteiger partial charge in [0.1, 0.15) is 0 Å². The molecule has 0 aromatic rings. The van der Waals surface area contributed by atoms with E-state index < -0.39 is 0 Å². The van der Waals surface area contributed by atoms with Crippen LogP contribution in [0.4, 0.5) is 0 Å². The van der Waals surface area contributed by atoms with Crippen LogP contribution in [0.25, 0.3) is 0 Å². The first kappa shape index (κ1) is 12.3. The molecule has 15 heavy (non-hydrogen) atoms. The van der Waals surface area contributed by atoms with Crippen LogP contribution in [0, 0.1) is 5.41 Å². The van der Waals surface area contributed by atoms with Crippen molar-refractivity contribution >= 4 is 5.84 Å². The average molecular weight is 215 g/mol. The summed E-state index contributed by atoms with van der Waals surface area (Å²) in [6.07, 6.45) is 3.57. The van der Waals surface area contributed by atoms with Gasteiger partial charge in [-0.15, -0.1) is 0 Å². The Morgan fingerprint density at radius 3 is 2.80 bits per heavy atom. The topological polar surface area (TPSA) is 79.9 Å². The molecular weight excluding hydrogens is 194 g/mol. The lowest BCUT2D eigenvalue weighted by Crippen LogP contribution is -2.41. The van der Waals surface area contributed by atoms with Gasteiger partial charge in [-0.2, -0.15) is 0 Å². The standard InChI is InChI=1S/C10H21N3O2/c1-8(9(11)13-14)12-7-10(3-4-10)5-6-15-2/h8,12,14H,3-7H2,1-2H3,(H2,11,13). The molecule has 5 heteroatoms. The van der Waals surface area contributed by atoms with Gasteiger partial charge in [0.2, 0.25) is 0 Å². The van der Waals surface area contributed by atoms with E-state index in [4.69, 9.17) is 15.7 Å². The van der Waals surface area contributed by atoms with E-state index in [1.807, 2.05) is 6.92 Å². The van der Waals surface area contributed by atoms with Crippen molar-refractivity contribution in [2.45, 2.75) is 32.2 Å². The Balaban J connectivity index is 2.24. The van der Waals surface area contributed by atoms with Gasteiger partial charge in [0.15, 0.2) is 5.84 Å². The molecule has 1 aliphatic carbocycles. The molecule has 1 rings (SSSR count). The van der Waals surface area contributed by atoms with Gasteiger partial charge in [0.25, 0.3) is 0 Å². The van der Waals surface area contributed by atoms with E-state index in [0.717, 1.165) is 19.6 Å². The highest BCUT2D eigenvalue weighted by atomic mass is 16.5. The third kappa shape index (κ3) is 3.68. The molecule has 1 atom stereocenters. The number of rotatable bonds is 7. The van der Waals surface area contributed by atoms with Gasteiger partial charge in [-0.1, -0.05) is 5.16 Å². The number of oxime groups is 1. The highest BCUT2D eigenvalue weighted by molar-refractivity contribution is 5.84. The third-order valence-corrected chi connectivity index (χ3v) is 3.14. The molecule has 0 amide bonds. The van der Waals surface area contributed by atoms with E-state index in [1.165, 1.54) is 12.8 Å². The number of nitrogens with two attached hydrogens (primary N) is 1. The molecule has 1 saturated carbocycles.